The number of hydrogen-bond donors (Lipinski definition) is 1. The van der Waals surface area contributed by atoms with Crippen LogP contribution in [0.15, 0.2) is 48.9 Å². The van der Waals surface area contributed by atoms with Gasteiger partial charge in [-0.25, -0.2) is 0 Å². The minimum absolute atomic E-state index is 0.0127. The Bertz CT molecular complexity index is 753. The maximum absolute atomic E-state index is 12.4. The molecular weight excluding hydrogens is 304 g/mol. The normalized spacial score (nSPS) is 14.1. The van der Waals surface area contributed by atoms with E-state index in [-0.39, 0.29) is 11.8 Å². The fourth-order valence-electron chi connectivity index (χ4n) is 2.57. The van der Waals surface area contributed by atoms with E-state index >= 15 is 0 Å². The maximum atomic E-state index is 12.4. The monoisotopic (exact) mass is 322 g/mol. The van der Waals surface area contributed by atoms with Crippen LogP contribution in [-0.4, -0.2) is 39.8 Å². The first-order valence-electron chi connectivity index (χ1n) is 7.87. The number of benzene rings is 1. The minimum atomic E-state index is -0.286. The van der Waals surface area contributed by atoms with Gasteiger partial charge in [-0.1, -0.05) is 6.07 Å². The number of hydrogen-bond acceptors (Lipinski definition) is 4. The minimum Gasteiger partial charge on any atom is -0.339 e. The van der Waals surface area contributed by atoms with Crippen molar-refractivity contribution in [1.82, 2.24) is 14.9 Å². The van der Waals surface area contributed by atoms with Gasteiger partial charge in [0.1, 0.15) is 0 Å². The van der Waals surface area contributed by atoms with Crippen molar-refractivity contribution in [1.29, 1.82) is 0 Å². The molecule has 0 atom stereocenters. The summed E-state index contributed by atoms with van der Waals surface area (Å²) in [7, 11) is 0. The Kier molecular flexibility index (Phi) is 4.96. The van der Waals surface area contributed by atoms with Crippen LogP contribution >= 0.6 is 0 Å². The van der Waals surface area contributed by atoms with E-state index in [9.17, 15) is 9.59 Å². The van der Waals surface area contributed by atoms with Crippen molar-refractivity contribution in [3.8, 4) is 0 Å². The van der Waals surface area contributed by atoms with Crippen LogP contribution in [0.4, 0.5) is 5.69 Å². The summed E-state index contributed by atoms with van der Waals surface area (Å²) in [4.78, 5) is 34.2. The highest BCUT2D eigenvalue weighted by Gasteiger charge is 2.19. The van der Waals surface area contributed by atoms with Gasteiger partial charge < -0.3 is 10.2 Å². The molecule has 6 nitrogen and oxygen atoms in total. The fourth-order valence-corrected chi connectivity index (χ4v) is 2.57. The highest BCUT2D eigenvalue weighted by Crippen LogP contribution is 2.16. The second kappa shape index (κ2) is 7.50. The summed E-state index contributed by atoms with van der Waals surface area (Å²) in [6.07, 6.45) is 9.77. The molecular formula is C18H18N4O2. The summed E-state index contributed by atoms with van der Waals surface area (Å²) in [6, 6.07) is 7.00. The summed E-state index contributed by atoms with van der Waals surface area (Å²) >= 11 is 0. The molecule has 0 aliphatic carbocycles. The van der Waals surface area contributed by atoms with Crippen LogP contribution in [0.1, 0.15) is 28.9 Å². The summed E-state index contributed by atoms with van der Waals surface area (Å²) in [5.74, 6) is -0.273. The number of carbonyl (C=O) groups excluding carboxylic acids is 2. The standard InChI is InChI=1S/C18H18N4O2/c23-17(7-6-16-13-19-8-9-20-16)21-15-5-3-4-14(12-15)18(24)22-10-1-2-11-22/h3-9,12-13H,1-2,10-11H2,(H,21,23). The van der Waals surface area contributed by atoms with E-state index in [0.29, 0.717) is 16.9 Å². The molecule has 3 rings (SSSR count). The third-order valence-electron chi connectivity index (χ3n) is 3.76. The first-order valence-corrected chi connectivity index (χ1v) is 7.87. The van der Waals surface area contributed by atoms with Crippen LogP contribution in [0.5, 0.6) is 0 Å². The third kappa shape index (κ3) is 4.04. The van der Waals surface area contributed by atoms with Gasteiger partial charge in [0.05, 0.1) is 11.9 Å². The van der Waals surface area contributed by atoms with Gasteiger partial charge in [-0.2, -0.15) is 0 Å². The van der Waals surface area contributed by atoms with E-state index in [2.05, 4.69) is 15.3 Å². The van der Waals surface area contributed by atoms with Crippen LogP contribution in [0.3, 0.4) is 0 Å². The lowest BCUT2D eigenvalue weighted by Gasteiger charge is -2.15. The SMILES string of the molecule is O=C(C=Cc1cnccn1)Nc1cccc(C(=O)N2CCCC2)c1. The lowest BCUT2D eigenvalue weighted by Crippen LogP contribution is -2.27. The van der Waals surface area contributed by atoms with Gasteiger partial charge in [-0.05, 0) is 37.1 Å². The molecule has 1 aromatic carbocycles. The van der Waals surface area contributed by atoms with E-state index in [1.165, 1.54) is 6.08 Å². The summed E-state index contributed by atoms with van der Waals surface area (Å²) in [5.41, 5.74) is 1.78. The lowest BCUT2D eigenvalue weighted by molar-refractivity contribution is -0.111. The Morgan fingerprint density at radius 1 is 1.17 bits per heavy atom. The van der Waals surface area contributed by atoms with E-state index in [1.807, 2.05) is 4.90 Å². The van der Waals surface area contributed by atoms with E-state index in [1.54, 1.807) is 48.9 Å². The Hall–Kier alpha value is -3.02. The molecule has 2 amide bonds. The highest BCUT2D eigenvalue weighted by atomic mass is 16.2. The van der Waals surface area contributed by atoms with Crippen molar-refractivity contribution < 1.29 is 9.59 Å². The van der Waals surface area contributed by atoms with E-state index in [0.717, 1.165) is 25.9 Å². The molecule has 1 saturated heterocycles. The molecule has 1 aliphatic rings. The average Bonchev–Trinajstić information content (AvgIpc) is 3.15. The second-order valence-corrected chi connectivity index (χ2v) is 5.53. The van der Waals surface area contributed by atoms with Crippen LogP contribution in [0.25, 0.3) is 6.08 Å². The van der Waals surface area contributed by atoms with Gasteiger partial charge in [0.2, 0.25) is 5.91 Å². The van der Waals surface area contributed by atoms with Crippen LogP contribution in [0.2, 0.25) is 0 Å². The predicted octanol–water partition coefficient (Wildman–Crippen LogP) is 2.36. The van der Waals surface area contributed by atoms with Gasteiger partial charge in [-0.15, -0.1) is 0 Å². The fraction of sp³-hybridized carbons (Fsp3) is 0.222. The molecule has 1 fully saturated rings. The average molecular weight is 322 g/mol. The number of carbonyl (C=O) groups is 2. The Morgan fingerprint density at radius 2 is 2.00 bits per heavy atom. The topological polar surface area (TPSA) is 75.2 Å². The molecule has 0 bridgehead atoms. The number of nitrogens with zero attached hydrogens (tertiary/aromatic N) is 3. The van der Waals surface area contributed by atoms with E-state index in [4.69, 9.17) is 0 Å². The molecule has 1 aliphatic heterocycles. The summed E-state index contributed by atoms with van der Waals surface area (Å²) in [5, 5.41) is 2.75. The van der Waals surface area contributed by atoms with Crippen molar-refractivity contribution in [3.63, 3.8) is 0 Å². The van der Waals surface area contributed by atoms with Crippen molar-refractivity contribution in [2.24, 2.45) is 0 Å². The number of rotatable bonds is 4. The van der Waals surface area contributed by atoms with Crippen LogP contribution < -0.4 is 5.32 Å². The Balaban J connectivity index is 1.64. The smallest absolute Gasteiger partial charge is 0.253 e. The zero-order chi connectivity index (χ0) is 16.8. The zero-order valence-corrected chi connectivity index (χ0v) is 13.2. The predicted molar refractivity (Wildman–Crippen MR) is 91.3 cm³/mol. The molecule has 0 radical (unpaired) electrons. The summed E-state index contributed by atoms with van der Waals surface area (Å²) < 4.78 is 0. The molecule has 0 saturated carbocycles. The van der Waals surface area contributed by atoms with E-state index < -0.39 is 0 Å². The molecule has 1 N–H and O–H groups in total. The largest absolute Gasteiger partial charge is 0.339 e. The molecule has 0 spiro atoms. The highest BCUT2D eigenvalue weighted by molar-refractivity contribution is 6.03. The van der Waals surface area contributed by atoms with Crippen molar-refractivity contribution >= 4 is 23.6 Å². The van der Waals surface area contributed by atoms with Crippen molar-refractivity contribution in [2.75, 3.05) is 18.4 Å². The summed E-state index contributed by atoms with van der Waals surface area (Å²) in [6.45, 7) is 1.60. The lowest BCUT2D eigenvalue weighted by atomic mass is 10.1. The van der Waals surface area contributed by atoms with Gasteiger partial charge in [0, 0.05) is 42.8 Å². The molecule has 122 valence electrons. The molecule has 1 aromatic heterocycles. The van der Waals surface area contributed by atoms with Crippen LogP contribution in [0, 0.1) is 0 Å². The molecule has 24 heavy (non-hydrogen) atoms. The molecule has 2 aromatic rings. The molecule has 0 unspecified atom stereocenters. The van der Waals surface area contributed by atoms with Gasteiger partial charge in [-0.3, -0.25) is 19.6 Å². The first kappa shape index (κ1) is 15.9. The molecule has 6 heteroatoms. The number of anilines is 1. The zero-order valence-electron chi connectivity index (χ0n) is 13.2. The quantitative estimate of drug-likeness (QED) is 0.877. The Morgan fingerprint density at radius 3 is 2.75 bits per heavy atom. The van der Waals surface area contributed by atoms with Gasteiger partial charge >= 0.3 is 0 Å². The maximum Gasteiger partial charge on any atom is 0.253 e. The van der Waals surface area contributed by atoms with Gasteiger partial charge in [0.25, 0.3) is 5.91 Å². The number of likely N-dealkylation sites (tertiary alicyclic amines) is 1. The number of aromatic nitrogens is 2. The molecule has 2 heterocycles. The Labute approximate surface area is 140 Å². The first-order chi connectivity index (χ1) is 11.7. The number of nitrogens with one attached hydrogen (secondary N) is 1. The number of amides is 2. The second-order valence-electron chi connectivity index (χ2n) is 5.53. The van der Waals surface area contributed by atoms with Crippen molar-refractivity contribution in [3.05, 3.63) is 60.2 Å². The third-order valence-corrected chi connectivity index (χ3v) is 3.76. The van der Waals surface area contributed by atoms with Crippen LogP contribution in [-0.2, 0) is 4.79 Å². The van der Waals surface area contributed by atoms with Gasteiger partial charge in [0.15, 0.2) is 0 Å². The van der Waals surface area contributed by atoms with Crippen molar-refractivity contribution in [2.45, 2.75) is 12.8 Å².